The highest BCUT2D eigenvalue weighted by atomic mass is 19.4. The Balaban J connectivity index is 1.87. The summed E-state index contributed by atoms with van der Waals surface area (Å²) in [6.45, 7) is 3.06. The molecule has 12 heteroatoms. The van der Waals surface area contributed by atoms with E-state index in [1.165, 1.54) is 12.1 Å². The van der Waals surface area contributed by atoms with Gasteiger partial charge in [0.1, 0.15) is 23.9 Å². The number of aromatic nitrogens is 2. The quantitative estimate of drug-likeness (QED) is 0.616. The molecule has 33 heavy (non-hydrogen) atoms. The largest absolute Gasteiger partial charge is 0.405 e. The topological polar surface area (TPSA) is 76.0 Å². The highest BCUT2D eigenvalue weighted by molar-refractivity contribution is 6.06. The van der Waals surface area contributed by atoms with Gasteiger partial charge in [0.15, 0.2) is 5.69 Å². The number of rotatable bonds is 6. The fraction of sp³-hybridized carbons (Fsp3) is 0.571. The van der Waals surface area contributed by atoms with Crippen LogP contribution in [0.4, 0.5) is 26.3 Å². The van der Waals surface area contributed by atoms with Gasteiger partial charge in [0.25, 0.3) is 5.91 Å². The molecule has 1 aliphatic rings. The maximum Gasteiger partial charge on any atom is 0.405 e. The number of alkyl halides is 5. The summed E-state index contributed by atoms with van der Waals surface area (Å²) in [6.07, 6.45) is -5.39. The summed E-state index contributed by atoms with van der Waals surface area (Å²) in [7, 11) is 0. The van der Waals surface area contributed by atoms with Crippen LogP contribution in [0.15, 0.2) is 18.2 Å². The maximum absolute atomic E-state index is 14.5. The second kappa shape index (κ2) is 8.53. The van der Waals surface area contributed by atoms with Crippen molar-refractivity contribution in [3.05, 3.63) is 29.7 Å². The zero-order valence-electron chi connectivity index (χ0n) is 18.2. The fourth-order valence-electron chi connectivity index (χ4n) is 3.82. The average Bonchev–Trinajstić information content (AvgIpc) is 3.01. The lowest BCUT2D eigenvalue weighted by Gasteiger charge is -2.34. The summed E-state index contributed by atoms with van der Waals surface area (Å²) in [5, 5.41) is 8.35. The van der Waals surface area contributed by atoms with Crippen molar-refractivity contribution < 1.29 is 35.9 Å². The number of carbonyl (C=O) groups excluding carboxylic acids is 2. The van der Waals surface area contributed by atoms with E-state index in [1.807, 2.05) is 0 Å². The fourth-order valence-corrected chi connectivity index (χ4v) is 3.82. The number of nitrogens with zero attached hydrogens (tertiary/aromatic N) is 2. The summed E-state index contributed by atoms with van der Waals surface area (Å²) in [5.74, 6) is -5.88. The Kier molecular flexibility index (Phi) is 6.42. The Hall–Kier alpha value is -2.79. The van der Waals surface area contributed by atoms with Crippen LogP contribution in [0.1, 0.15) is 44.1 Å². The summed E-state index contributed by atoms with van der Waals surface area (Å²) in [5.41, 5.74) is -1.27. The lowest BCUT2D eigenvalue weighted by molar-refractivity contribution is -0.140. The van der Waals surface area contributed by atoms with E-state index in [0.29, 0.717) is 0 Å². The summed E-state index contributed by atoms with van der Waals surface area (Å²) in [4.78, 5) is 25.4. The molecule has 2 N–H and O–H groups in total. The standard InChI is InChI=1S/C21H24F6N4O2/c1-19(2,3)16(18(33)28-10-21(25,26)27)29-17(32)14-12-5-4-6-13(22)15(12)31(30-14)9-11-7-20(23,24)8-11/h4-6,11,16H,7-10H2,1-3H3,(H,28,33)(H,29,32). The van der Waals surface area contributed by atoms with Gasteiger partial charge in [0.2, 0.25) is 11.8 Å². The van der Waals surface area contributed by atoms with Gasteiger partial charge in [-0.15, -0.1) is 0 Å². The Morgan fingerprint density at radius 1 is 1.21 bits per heavy atom. The molecule has 2 amide bonds. The van der Waals surface area contributed by atoms with Gasteiger partial charge in [-0.1, -0.05) is 32.9 Å². The average molecular weight is 478 g/mol. The molecule has 0 spiro atoms. The van der Waals surface area contributed by atoms with Crippen LogP contribution in [0, 0.1) is 17.2 Å². The smallest absolute Gasteiger partial charge is 0.345 e. The molecule has 1 saturated carbocycles. The number of para-hydroxylation sites is 1. The minimum Gasteiger partial charge on any atom is -0.345 e. The highest BCUT2D eigenvalue weighted by Crippen LogP contribution is 2.43. The van der Waals surface area contributed by atoms with Gasteiger partial charge in [0.05, 0.1) is 0 Å². The molecule has 1 fully saturated rings. The van der Waals surface area contributed by atoms with Crippen LogP contribution in [-0.4, -0.2) is 46.3 Å². The lowest BCUT2D eigenvalue weighted by Crippen LogP contribution is -2.54. The van der Waals surface area contributed by atoms with E-state index in [0.717, 1.165) is 10.7 Å². The van der Waals surface area contributed by atoms with Crippen molar-refractivity contribution in [2.45, 2.75) is 58.3 Å². The third-order valence-corrected chi connectivity index (χ3v) is 5.41. The minimum atomic E-state index is -4.63. The first-order valence-corrected chi connectivity index (χ1v) is 10.3. The molecule has 0 aliphatic heterocycles. The van der Waals surface area contributed by atoms with Crippen molar-refractivity contribution in [1.82, 2.24) is 20.4 Å². The molecular formula is C21H24F6N4O2. The Morgan fingerprint density at radius 3 is 2.39 bits per heavy atom. The van der Waals surface area contributed by atoms with Gasteiger partial charge in [-0.3, -0.25) is 14.3 Å². The van der Waals surface area contributed by atoms with Gasteiger partial charge in [-0.05, 0) is 17.4 Å². The van der Waals surface area contributed by atoms with Crippen molar-refractivity contribution in [2.75, 3.05) is 6.54 Å². The molecular weight excluding hydrogens is 454 g/mol. The maximum atomic E-state index is 14.5. The van der Waals surface area contributed by atoms with Crippen molar-refractivity contribution in [3.8, 4) is 0 Å². The molecule has 0 radical (unpaired) electrons. The number of hydrogen-bond acceptors (Lipinski definition) is 3. The Morgan fingerprint density at radius 2 is 1.85 bits per heavy atom. The lowest BCUT2D eigenvalue weighted by atomic mass is 9.81. The predicted octanol–water partition coefficient (Wildman–Crippen LogP) is 4.04. The van der Waals surface area contributed by atoms with Crippen molar-refractivity contribution in [1.29, 1.82) is 0 Å². The van der Waals surface area contributed by atoms with Gasteiger partial charge in [-0.2, -0.15) is 18.3 Å². The number of amides is 2. The van der Waals surface area contributed by atoms with Crippen LogP contribution in [-0.2, 0) is 11.3 Å². The van der Waals surface area contributed by atoms with Crippen molar-refractivity contribution in [2.24, 2.45) is 11.3 Å². The zero-order valence-corrected chi connectivity index (χ0v) is 18.2. The Labute approximate surface area is 185 Å². The number of halogens is 6. The van der Waals surface area contributed by atoms with Crippen LogP contribution in [0.5, 0.6) is 0 Å². The van der Waals surface area contributed by atoms with E-state index in [2.05, 4.69) is 10.4 Å². The first kappa shape index (κ1) is 24.8. The summed E-state index contributed by atoms with van der Waals surface area (Å²) >= 11 is 0. The number of benzene rings is 1. The predicted molar refractivity (Wildman–Crippen MR) is 107 cm³/mol. The molecule has 0 bridgehead atoms. The first-order valence-electron chi connectivity index (χ1n) is 10.3. The van der Waals surface area contributed by atoms with Crippen LogP contribution in [0.25, 0.3) is 10.9 Å². The third kappa shape index (κ3) is 5.77. The summed E-state index contributed by atoms with van der Waals surface area (Å²) < 4.78 is 79.6. The van der Waals surface area contributed by atoms with Gasteiger partial charge < -0.3 is 10.6 Å². The van der Waals surface area contributed by atoms with Crippen molar-refractivity contribution >= 4 is 22.7 Å². The second-order valence-electron chi connectivity index (χ2n) is 9.40. The normalized spacial score (nSPS) is 17.5. The van der Waals surface area contributed by atoms with E-state index in [4.69, 9.17) is 0 Å². The van der Waals surface area contributed by atoms with Crippen LogP contribution >= 0.6 is 0 Å². The van der Waals surface area contributed by atoms with Crippen LogP contribution in [0.3, 0.4) is 0 Å². The Bertz CT molecular complexity index is 1050. The van der Waals surface area contributed by atoms with E-state index in [9.17, 15) is 35.9 Å². The van der Waals surface area contributed by atoms with Crippen LogP contribution in [0.2, 0.25) is 0 Å². The molecule has 1 aliphatic carbocycles. The van der Waals surface area contributed by atoms with Crippen LogP contribution < -0.4 is 10.6 Å². The van der Waals surface area contributed by atoms with Gasteiger partial charge in [0, 0.05) is 24.8 Å². The number of carbonyl (C=O) groups is 2. The van der Waals surface area contributed by atoms with Gasteiger partial charge >= 0.3 is 6.18 Å². The number of nitrogens with one attached hydrogen (secondary N) is 2. The number of hydrogen-bond donors (Lipinski definition) is 2. The molecule has 3 rings (SSSR count). The SMILES string of the molecule is CC(C)(C)C(NC(=O)c1nn(CC2CC(F)(F)C2)c2c(F)cccc12)C(=O)NCC(F)(F)F. The third-order valence-electron chi connectivity index (χ3n) is 5.41. The molecule has 1 unspecified atom stereocenters. The van der Waals surface area contributed by atoms with Crippen molar-refractivity contribution in [3.63, 3.8) is 0 Å². The van der Waals surface area contributed by atoms with E-state index in [-0.39, 0.29) is 36.0 Å². The molecule has 0 saturated heterocycles. The molecule has 2 aromatic rings. The number of fused-ring (bicyclic) bond motifs is 1. The summed E-state index contributed by atoms with van der Waals surface area (Å²) in [6, 6.07) is 2.55. The highest BCUT2D eigenvalue weighted by Gasteiger charge is 2.45. The first-order chi connectivity index (χ1) is 15.1. The van der Waals surface area contributed by atoms with Gasteiger partial charge in [-0.25, -0.2) is 13.2 Å². The molecule has 182 valence electrons. The van der Waals surface area contributed by atoms with E-state index >= 15 is 0 Å². The molecule has 1 heterocycles. The monoisotopic (exact) mass is 478 g/mol. The zero-order chi connectivity index (χ0) is 24.8. The minimum absolute atomic E-state index is 0.0327. The van der Waals surface area contributed by atoms with E-state index in [1.54, 1.807) is 26.1 Å². The van der Waals surface area contributed by atoms with E-state index < -0.39 is 53.6 Å². The second-order valence-corrected chi connectivity index (χ2v) is 9.40. The molecule has 1 aromatic carbocycles. The molecule has 6 nitrogen and oxygen atoms in total. The molecule has 1 aromatic heterocycles. The molecule has 1 atom stereocenters.